The monoisotopic (exact) mass is 418 g/mol. The minimum absolute atomic E-state index is 0.0224. The van der Waals surface area contributed by atoms with E-state index in [1.807, 2.05) is 0 Å². The predicted octanol–water partition coefficient (Wildman–Crippen LogP) is -0.655. The van der Waals surface area contributed by atoms with E-state index in [2.05, 4.69) is 5.32 Å². The van der Waals surface area contributed by atoms with Gasteiger partial charge in [0.25, 0.3) is 11.8 Å². The molecule has 3 N–H and O–H groups in total. The number of benzene rings is 2. The predicted molar refractivity (Wildman–Crippen MR) is 109 cm³/mol. The SMILES string of the molecule is CN(Cc1ccccc1F)C(=O)C[NH+]1CC[NH+](CC(=O)Nc2ccc(F)cc2)CC1. The molecule has 2 aromatic carbocycles. The van der Waals surface area contributed by atoms with Crippen molar-refractivity contribution in [1.82, 2.24) is 4.90 Å². The molecule has 1 fully saturated rings. The molecule has 2 aromatic rings. The van der Waals surface area contributed by atoms with Crippen LogP contribution in [0.4, 0.5) is 14.5 Å². The van der Waals surface area contributed by atoms with Gasteiger partial charge in [-0.2, -0.15) is 0 Å². The Labute approximate surface area is 175 Å². The van der Waals surface area contributed by atoms with E-state index in [4.69, 9.17) is 0 Å². The number of hydrogen-bond acceptors (Lipinski definition) is 2. The van der Waals surface area contributed by atoms with Gasteiger partial charge in [0.05, 0.1) is 0 Å². The van der Waals surface area contributed by atoms with Gasteiger partial charge in [-0.15, -0.1) is 0 Å². The van der Waals surface area contributed by atoms with Crippen LogP contribution in [0.5, 0.6) is 0 Å². The molecule has 160 valence electrons. The fourth-order valence-corrected chi connectivity index (χ4v) is 3.60. The zero-order chi connectivity index (χ0) is 21.5. The normalized spacial score (nSPS) is 18.6. The number of halogens is 2. The van der Waals surface area contributed by atoms with Crippen LogP contribution in [0.1, 0.15) is 5.56 Å². The summed E-state index contributed by atoms with van der Waals surface area (Å²) in [5.41, 5.74) is 1.08. The average Bonchev–Trinajstić information content (AvgIpc) is 2.73. The summed E-state index contributed by atoms with van der Waals surface area (Å²) in [7, 11) is 1.69. The zero-order valence-electron chi connectivity index (χ0n) is 17.1. The first kappa shape index (κ1) is 21.9. The molecule has 0 saturated carbocycles. The second-order valence-electron chi connectivity index (χ2n) is 7.75. The Kier molecular flexibility index (Phi) is 7.48. The third-order valence-corrected chi connectivity index (χ3v) is 5.40. The van der Waals surface area contributed by atoms with E-state index >= 15 is 0 Å². The van der Waals surface area contributed by atoms with Crippen LogP contribution < -0.4 is 15.1 Å². The summed E-state index contributed by atoms with van der Waals surface area (Å²) in [5.74, 6) is -0.779. The van der Waals surface area contributed by atoms with E-state index in [0.717, 1.165) is 31.1 Å². The maximum atomic E-state index is 13.8. The van der Waals surface area contributed by atoms with Crippen molar-refractivity contribution in [1.29, 1.82) is 0 Å². The standard InChI is InChI=1S/C22H26F2N4O2/c1-26(14-17-4-2-3-5-20(17)24)22(30)16-28-12-10-27(11-13-28)15-21(29)25-19-8-6-18(23)7-9-19/h2-9H,10-16H2,1H3,(H,25,29)/p+2. The number of nitrogens with zero attached hydrogens (tertiary/aromatic N) is 1. The molecule has 0 aromatic heterocycles. The van der Waals surface area contributed by atoms with Crippen molar-refractivity contribution in [2.24, 2.45) is 0 Å². The number of amides is 2. The average molecular weight is 418 g/mol. The quantitative estimate of drug-likeness (QED) is 0.560. The highest BCUT2D eigenvalue weighted by Gasteiger charge is 2.27. The smallest absolute Gasteiger partial charge is 0.279 e. The lowest BCUT2D eigenvalue weighted by Crippen LogP contribution is -3.28. The molecular formula is C22H28F2N4O2+2. The van der Waals surface area contributed by atoms with Crippen LogP contribution in [0.3, 0.4) is 0 Å². The van der Waals surface area contributed by atoms with Crippen molar-refractivity contribution >= 4 is 17.5 Å². The molecule has 0 spiro atoms. The summed E-state index contributed by atoms with van der Waals surface area (Å²) < 4.78 is 26.7. The van der Waals surface area contributed by atoms with E-state index in [0.29, 0.717) is 24.3 Å². The molecule has 0 radical (unpaired) electrons. The van der Waals surface area contributed by atoms with Crippen LogP contribution in [0.15, 0.2) is 48.5 Å². The minimum atomic E-state index is -0.341. The topological polar surface area (TPSA) is 58.3 Å². The summed E-state index contributed by atoms with van der Waals surface area (Å²) in [6.45, 7) is 4.11. The highest BCUT2D eigenvalue weighted by Crippen LogP contribution is 2.09. The molecule has 30 heavy (non-hydrogen) atoms. The van der Waals surface area contributed by atoms with Crippen molar-refractivity contribution in [2.75, 3.05) is 51.6 Å². The van der Waals surface area contributed by atoms with Crippen molar-refractivity contribution in [3.05, 3.63) is 65.7 Å². The molecule has 2 amide bonds. The number of anilines is 1. The number of quaternary nitrogens is 2. The fourth-order valence-electron chi connectivity index (χ4n) is 3.60. The first-order chi connectivity index (χ1) is 14.4. The molecule has 1 aliphatic heterocycles. The van der Waals surface area contributed by atoms with Gasteiger partial charge in [0.15, 0.2) is 13.1 Å². The van der Waals surface area contributed by atoms with Crippen molar-refractivity contribution in [2.45, 2.75) is 6.54 Å². The molecule has 0 atom stereocenters. The first-order valence-electron chi connectivity index (χ1n) is 10.1. The second-order valence-corrected chi connectivity index (χ2v) is 7.75. The maximum Gasteiger partial charge on any atom is 0.279 e. The molecule has 8 heteroatoms. The summed E-state index contributed by atoms with van der Waals surface area (Å²) in [6, 6.07) is 12.2. The van der Waals surface area contributed by atoms with Crippen molar-refractivity contribution in [3.8, 4) is 0 Å². The lowest BCUT2D eigenvalue weighted by atomic mass is 10.2. The van der Waals surface area contributed by atoms with E-state index in [-0.39, 0.29) is 30.0 Å². The van der Waals surface area contributed by atoms with E-state index in [1.54, 1.807) is 30.1 Å². The molecule has 1 heterocycles. The Bertz CT molecular complexity index is 868. The number of piperazine rings is 1. The Hall–Kier alpha value is -2.84. The lowest BCUT2D eigenvalue weighted by Gasteiger charge is -2.30. The van der Waals surface area contributed by atoms with E-state index < -0.39 is 0 Å². The van der Waals surface area contributed by atoms with Crippen LogP contribution in [-0.2, 0) is 16.1 Å². The molecular weight excluding hydrogens is 390 g/mol. The third kappa shape index (κ3) is 6.33. The summed E-state index contributed by atoms with van der Waals surface area (Å²) in [5, 5.41) is 2.78. The van der Waals surface area contributed by atoms with Gasteiger partial charge in [0.2, 0.25) is 0 Å². The summed E-state index contributed by atoms with van der Waals surface area (Å²) in [4.78, 5) is 28.6. The summed E-state index contributed by atoms with van der Waals surface area (Å²) in [6.07, 6.45) is 0. The Morgan fingerprint density at radius 3 is 2.17 bits per heavy atom. The molecule has 0 bridgehead atoms. The van der Waals surface area contributed by atoms with E-state index in [9.17, 15) is 18.4 Å². The highest BCUT2D eigenvalue weighted by atomic mass is 19.1. The van der Waals surface area contributed by atoms with Gasteiger partial charge in [-0.1, -0.05) is 18.2 Å². The van der Waals surface area contributed by atoms with Gasteiger partial charge in [-0.05, 0) is 30.3 Å². The zero-order valence-corrected chi connectivity index (χ0v) is 17.1. The number of likely N-dealkylation sites (N-methyl/N-ethyl adjacent to an activating group) is 1. The molecule has 6 nitrogen and oxygen atoms in total. The number of rotatable bonds is 7. The Morgan fingerprint density at radius 1 is 0.933 bits per heavy atom. The van der Waals surface area contributed by atoms with Gasteiger partial charge < -0.3 is 20.0 Å². The number of carbonyl (C=O) groups excluding carboxylic acids is 2. The molecule has 1 saturated heterocycles. The van der Waals surface area contributed by atoms with Crippen molar-refractivity contribution in [3.63, 3.8) is 0 Å². The second kappa shape index (κ2) is 10.3. The van der Waals surface area contributed by atoms with Gasteiger partial charge in [0.1, 0.15) is 37.8 Å². The van der Waals surface area contributed by atoms with Gasteiger partial charge >= 0.3 is 0 Å². The highest BCUT2D eigenvalue weighted by molar-refractivity contribution is 5.91. The van der Waals surface area contributed by atoms with E-state index in [1.165, 1.54) is 35.2 Å². The molecule has 0 aliphatic carbocycles. The third-order valence-electron chi connectivity index (χ3n) is 5.40. The van der Waals surface area contributed by atoms with Crippen LogP contribution in [0.25, 0.3) is 0 Å². The largest absolute Gasteiger partial charge is 0.336 e. The first-order valence-corrected chi connectivity index (χ1v) is 10.1. The molecule has 1 aliphatic rings. The lowest BCUT2D eigenvalue weighted by molar-refractivity contribution is -1.00. The van der Waals surface area contributed by atoms with Crippen LogP contribution in [-0.4, -0.2) is 63.0 Å². The van der Waals surface area contributed by atoms with Gasteiger partial charge in [-0.3, -0.25) is 9.59 Å². The minimum Gasteiger partial charge on any atom is -0.336 e. The Balaban J connectivity index is 1.39. The number of nitrogens with one attached hydrogen (secondary N) is 3. The van der Waals surface area contributed by atoms with Crippen LogP contribution in [0, 0.1) is 11.6 Å². The molecule has 3 rings (SSSR count). The van der Waals surface area contributed by atoms with Crippen LogP contribution >= 0.6 is 0 Å². The molecule has 0 unspecified atom stereocenters. The van der Waals surface area contributed by atoms with Gasteiger partial charge in [-0.25, -0.2) is 8.78 Å². The number of hydrogen-bond donors (Lipinski definition) is 3. The fraction of sp³-hybridized carbons (Fsp3) is 0.364. The van der Waals surface area contributed by atoms with Gasteiger partial charge in [0, 0.05) is 24.8 Å². The van der Waals surface area contributed by atoms with Crippen LogP contribution in [0.2, 0.25) is 0 Å². The summed E-state index contributed by atoms with van der Waals surface area (Å²) >= 11 is 0. The Morgan fingerprint density at radius 2 is 1.53 bits per heavy atom. The number of carbonyl (C=O) groups is 2. The maximum absolute atomic E-state index is 13.8. The van der Waals surface area contributed by atoms with Crippen molar-refractivity contribution < 1.29 is 28.2 Å².